The Labute approximate surface area is 113 Å². The number of carbonyl (C=O) groups excluding carboxylic acids is 1. The summed E-state index contributed by atoms with van der Waals surface area (Å²) in [4.78, 5) is 11.9. The standard InChI is InChI=1S/C12H14Br2O2/c1-12(2,10(14)8-13)16-11(15)9-6-4-3-5-7-9/h3-7,10H,8H2,1-2H3. The molecular formula is C12H14Br2O2. The average molecular weight is 350 g/mol. The maximum absolute atomic E-state index is 11.8. The number of benzene rings is 1. The van der Waals surface area contributed by atoms with Gasteiger partial charge in [0.1, 0.15) is 5.60 Å². The fourth-order valence-electron chi connectivity index (χ4n) is 1.12. The molecule has 0 saturated heterocycles. The van der Waals surface area contributed by atoms with E-state index in [2.05, 4.69) is 31.9 Å². The molecule has 0 bridgehead atoms. The van der Waals surface area contributed by atoms with Gasteiger partial charge < -0.3 is 4.74 Å². The highest BCUT2D eigenvalue weighted by molar-refractivity contribution is 9.12. The van der Waals surface area contributed by atoms with Gasteiger partial charge in [-0.05, 0) is 26.0 Å². The highest BCUT2D eigenvalue weighted by Crippen LogP contribution is 2.24. The van der Waals surface area contributed by atoms with Crippen molar-refractivity contribution < 1.29 is 9.53 Å². The van der Waals surface area contributed by atoms with Crippen molar-refractivity contribution in [3.63, 3.8) is 0 Å². The Balaban J connectivity index is 2.72. The number of ether oxygens (including phenoxy) is 1. The Morgan fingerprint density at radius 3 is 2.44 bits per heavy atom. The topological polar surface area (TPSA) is 26.3 Å². The van der Waals surface area contributed by atoms with Crippen molar-refractivity contribution in [2.24, 2.45) is 0 Å². The van der Waals surface area contributed by atoms with E-state index in [-0.39, 0.29) is 10.8 Å². The maximum atomic E-state index is 11.8. The third kappa shape index (κ3) is 3.59. The van der Waals surface area contributed by atoms with E-state index >= 15 is 0 Å². The van der Waals surface area contributed by atoms with Crippen LogP contribution in [0.4, 0.5) is 0 Å². The summed E-state index contributed by atoms with van der Waals surface area (Å²) in [5.74, 6) is -0.295. The molecule has 1 atom stereocenters. The van der Waals surface area contributed by atoms with Gasteiger partial charge in [0.25, 0.3) is 0 Å². The van der Waals surface area contributed by atoms with Crippen LogP contribution in [0, 0.1) is 0 Å². The second-order valence-electron chi connectivity index (χ2n) is 3.98. The molecule has 1 aromatic carbocycles. The van der Waals surface area contributed by atoms with Crippen molar-refractivity contribution >= 4 is 37.8 Å². The number of alkyl halides is 2. The molecule has 4 heteroatoms. The monoisotopic (exact) mass is 348 g/mol. The molecule has 88 valence electrons. The van der Waals surface area contributed by atoms with Crippen LogP contribution in [0.25, 0.3) is 0 Å². The van der Waals surface area contributed by atoms with Gasteiger partial charge in [0.2, 0.25) is 0 Å². The number of carbonyl (C=O) groups is 1. The van der Waals surface area contributed by atoms with Gasteiger partial charge in [-0.1, -0.05) is 50.1 Å². The fourth-order valence-corrected chi connectivity index (χ4v) is 1.99. The van der Waals surface area contributed by atoms with Crippen molar-refractivity contribution in [1.29, 1.82) is 0 Å². The summed E-state index contributed by atoms with van der Waals surface area (Å²) in [5.41, 5.74) is 0.0287. The van der Waals surface area contributed by atoms with Gasteiger partial charge in [-0.25, -0.2) is 4.79 Å². The summed E-state index contributed by atoms with van der Waals surface area (Å²) in [6.45, 7) is 3.77. The van der Waals surface area contributed by atoms with Gasteiger partial charge in [-0.3, -0.25) is 0 Å². The molecule has 0 saturated carbocycles. The van der Waals surface area contributed by atoms with Crippen molar-refractivity contribution in [3.05, 3.63) is 35.9 Å². The second-order valence-corrected chi connectivity index (χ2v) is 5.73. The number of hydrogen-bond donors (Lipinski definition) is 0. The molecule has 2 nitrogen and oxygen atoms in total. The Bertz CT molecular complexity index is 349. The summed E-state index contributed by atoms with van der Waals surface area (Å²) >= 11 is 6.83. The highest BCUT2D eigenvalue weighted by Gasteiger charge is 2.31. The zero-order chi connectivity index (χ0) is 12.2. The van der Waals surface area contributed by atoms with Crippen LogP contribution in [0.15, 0.2) is 30.3 Å². The van der Waals surface area contributed by atoms with Crippen molar-refractivity contribution in [3.8, 4) is 0 Å². The van der Waals surface area contributed by atoms with E-state index in [0.29, 0.717) is 5.56 Å². The summed E-state index contributed by atoms with van der Waals surface area (Å²) in [6.07, 6.45) is 0. The van der Waals surface area contributed by atoms with Gasteiger partial charge in [-0.15, -0.1) is 0 Å². The number of halogens is 2. The van der Waals surface area contributed by atoms with Crippen LogP contribution in [0.2, 0.25) is 0 Å². The number of rotatable bonds is 4. The number of hydrogen-bond acceptors (Lipinski definition) is 2. The average Bonchev–Trinajstić information content (AvgIpc) is 2.28. The quantitative estimate of drug-likeness (QED) is 0.610. The molecule has 1 unspecified atom stereocenters. The van der Waals surface area contributed by atoms with Crippen molar-refractivity contribution in [2.45, 2.75) is 24.3 Å². The zero-order valence-corrected chi connectivity index (χ0v) is 12.4. The van der Waals surface area contributed by atoms with Gasteiger partial charge in [0.15, 0.2) is 0 Å². The molecule has 0 amide bonds. The minimum Gasteiger partial charge on any atom is -0.455 e. The Morgan fingerprint density at radius 1 is 1.38 bits per heavy atom. The van der Waals surface area contributed by atoms with Crippen molar-refractivity contribution in [1.82, 2.24) is 0 Å². The smallest absolute Gasteiger partial charge is 0.338 e. The predicted octanol–water partition coefficient (Wildman–Crippen LogP) is 3.78. The lowest BCUT2D eigenvalue weighted by molar-refractivity contribution is 0.00126. The van der Waals surface area contributed by atoms with Crippen molar-refractivity contribution in [2.75, 3.05) is 5.33 Å². The molecule has 0 aliphatic rings. The van der Waals surface area contributed by atoms with Gasteiger partial charge >= 0.3 is 5.97 Å². The summed E-state index contributed by atoms with van der Waals surface area (Å²) in [5, 5.41) is 0.724. The third-order valence-electron chi connectivity index (χ3n) is 2.26. The van der Waals surface area contributed by atoms with Gasteiger partial charge in [-0.2, -0.15) is 0 Å². The van der Waals surface area contributed by atoms with Gasteiger partial charge in [0, 0.05) is 5.33 Å². The van der Waals surface area contributed by atoms with Crippen LogP contribution >= 0.6 is 31.9 Å². The second kappa shape index (κ2) is 5.82. The van der Waals surface area contributed by atoms with Crippen LogP contribution in [-0.4, -0.2) is 21.7 Å². The molecule has 0 aliphatic carbocycles. The minimum absolute atomic E-state index is 0.0765. The maximum Gasteiger partial charge on any atom is 0.338 e. The molecule has 0 aromatic heterocycles. The highest BCUT2D eigenvalue weighted by atomic mass is 79.9. The molecule has 0 heterocycles. The van der Waals surface area contributed by atoms with Crippen LogP contribution in [-0.2, 0) is 4.74 Å². The lowest BCUT2D eigenvalue weighted by Crippen LogP contribution is -2.38. The summed E-state index contributed by atoms with van der Waals surface area (Å²) in [6, 6.07) is 9.00. The predicted molar refractivity (Wildman–Crippen MR) is 72.4 cm³/mol. The Kier molecular flexibility index (Phi) is 4.99. The lowest BCUT2D eigenvalue weighted by atomic mass is 10.1. The van der Waals surface area contributed by atoms with E-state index in [4.69, 9.17) is 4.74 Å². The summed E-state index contributed by atoms with van der Waals surface area (Å²) < 4.78 is 5.46. The number of esters is 1. The zero-order valence-electron chi connectivity index (χ0n) is 9.24. The van der Waals surface area contributed by atoms with E-state index in [0.717, 1.165) is 5.33 Å². The molecule has 0 N–H and O–H groups in total. The van der Waals surface area contributed by atoms with E-state index in [1.54, 1.807) is 12.1 Å². The normalized spacial score (nSPS) is 13.2. The first kappa shape index (κ1) is 13.7. The fraction of sp³-hybridized carbons (Fsp3) is 0.417. The first-order valence-electron chi connectivity index (χ1n) is 4.96. The van der Waals surface area contributed by atoms with E-state index in [1.807, 2.05) is 32.0 Å². The van der Waals surface area contributed by atoms with Crippen LogP contribution in [0.5, 0.6) is 0 Å². The molecule has 0 fully saturated rings. The molecule has 0 radical (unpaired) electrons. The first-order chi connectivity index (χ1) is 7.47. The van der Waals surface area contributed by atoms with Crippen LogP contribution < -0.4 is 0 Å². The Hall–Kier alpha value is -0.350. The van der Waals surface area contributed by atoms with Crippen LogP contribution in [0.1, 0.15) is 24.2 Å². The van der Waals surface area contributed by atoms with E-state index in [9.17, 15) is 4.79 Å². The van der Waals surface area contributed by atoms with Gasteiger partial charge in [0.05, 0.1) is 10.4 Å². The minimum atomic E-state index is -0.545. The summed E-state index contributed by atoms with van der Waals surface area (Å²) in [7, 11) is 0. The van der Waals surface area contributed by atoms with E-state index in [1.165, 1.54) is 0 Å². The molecule has 1 aromatic rings. The Morgan fingerprint density at radius 2 is 1.94 bits per heavy atom. The molecular weight excluding hydrogens is 336 g/mol. The molecule has 16 heavy (non-hydrogen) atoms. The molecule has 0 aliphatic heterocycles. The molecule has 0 spiro atoms. The SMILES string of the molecule is CC(C)(OC(=O)c1ccccc1)C(Br)CBr. The largest absolute Gasteiger partial charge is 0.455 e. The lowest BCUT2D eigenvalue weighted by Gasteiger charge is -2.29. The van der Waals surface area contributed by atoms with E-state index < -0.39 is 5.60 Å². The third-order valence-corrected chi connectivity index (χ3v) is 5.20. The molecule has 1 rings (SSSR count). The first-order valence-corrected chi connectivity index (χ1v) is 6.99. The van der Waals surface area contributed by atoms with Crippen LogP contribution in [0.3, 0.4) is 0 Å².